The first-order valence-electron chi connectivity index (χ1n) is 4.02. The molecule has 0 aromatic carbocycles. The van der Waals surface area contributed by atoms with Crippen molar-refractivity contribution in [2.75, 3.05) is 19.6 Å². The Morgan fingerprint density at radius 1 is 1.69 bits per heavy atom. The van der Waals surface area contributed by atoms with E-state index >= 15 is 0 Å². The summed E-state index contributed by atoms with van der Waals surface area (Å²) in [5.41, 5.74) is -1.06. The molecule has 76 valence electrons. The van der Waals surface area contributed by atoms with Gasteiger partial charge in [-0.25, -0.2) is 0 Å². The first-order valence-corrected chi connectivity index (χ1v) is 4.02. The second kappa shape index (κ2) is 3.97. The predicted molar refractivity (Wildman–Crippen MR) is 41.5 cm³/mol. The third-order valence-corrected chi connectivity index (χ3v) is 2.01. The summed E-state index contributed by atoms with van der Waals surface area (Å²) in [4.78, 5) is 10.4. The molecule has 1 aliphatic rings. The molecular formula is C7H12F2N2O2. The molecule has 0 aliphatic carbocycles. The molecule has 1 aliphatic heterocycles. The van der Waals surface area contributed by atoms with Crippen LogP contribution in [0.25, 0.3) is 0 Å². The normalized spacial score (nSPS) is 28.0. The van der Waals surface area contributed by atoms with Gasteiger partial charge in [0.25, 0.3) is 5.91 Å². The highest BCUT2D eigenvalue weighted by atomic mass is 19.3. The molecule has 1 heterocycles. The van der Waals surface area contributed by atoms with Crippen molar-refractivity contribution in [2.45, 2.75) is 18.4 Å². The van der Waals surface area contributed by atoms with E-state index < -0.39 is 17.9 Å². The van der Waals surface area contributed by atoms with Crippen LogP contribution >= 0.6 is 0 Å². The minimum Gasteiger partial charge on any atom is -0.387 e. The van der Waals surface area contributed by atoms with E-state index in [0.717, 1.165) is 0 Å². The molecular weight excluding hydrogens is 182 g/mol. The van der Waals surface area contributed by atoms with Crippen LogP contribution in [0.3, 0.4) is 0 Å². The largest absolute Gasteiger partial charge is 0.387 e. The Bertz CT molecular complexity index is 193. The first-order chi connectivity index (χ1) is 6.03. The number of β-amino-alcohol motifs (C(OH)–C–C–N with tert-alkyl or cyclic N) is 1. The van der Waals surface area contributed by atoms with Crippen molar-refractivity contribution < 1.29 is 18.7 Å². The van der Waals surface area contributed by atoms with Crippen molar-refractivity contribution in [1.82, 2.24) is 10.6 Å². The van der Waals surface area contributed by atoms with E-state index in [1.54, 1.807) is 0 Å². The van der Waals surface area contributed by atoms with Crippen LogP contribution in [-0.2, 0) is 4.79 Å². The van der Waals surface area contributed by atoms with Gasteiger partial charge in [-0.05, 0) is 13.0 Å². The van der Waals surface area contributed by atoms with Crippen LogP contribution in [0.5, 0.6) is 0 Å². The molecule has 1 saturated heterocycles. The monoisotopic (exact) mass is 194 g/mol. The smallest absolute Gasteiger partial charge is 0.315 e. The van der Waals surface area contributed by atoms with Crippen LogP contribution in [-0.4, -0.2) is 42.7 Å². The van der Waals surface area contributed by atoms with Crippen LogP contribution < -0.4 is 10.6 Å². The molecule has 3 N–H and O–H groups in total. The van der Waals surface area contributed by atoms with E-state index in [2.05, 4.69) is 5.32 Å². The summed E-state index contributed by atoms with van der Waals surface area (Å²) in [5, 5.41) is 14.5. The molecule has 1 unspecified atom stereocenters. The number of rotatable bonds is 3. The second-order valence-electron chi connectivity index (χ2n) is 3.17. The molecule has 0 saturated carbocycles. The molecule has 0 spiro atoms. The molecule has 0 radical (unpaired) electrons. The van der Waals surface area contributed by atoms with Crippen molar-refractivity contribution in [3.05, 3.63) is 0 Å². The Morgan fingerprint density at radius 2 is 2.38 bits per heavy atom. The number of halogens is 2. The topological polar surface area (TPSA) is 61.4 Å². The zero-order valence-electron chi connectivity index (χ0n) is 7.02. The average Bonchev–Trinajstić information content (AvgIpc) is 2.48. The lowest BCUT2D eigenvalue weighted by Gasteiger charge is -2.21. The first kappa shape index (κ1) is 10.3. The number of carbonyl (C=O) groups excluding carboxylic acids is 1. The van der Waals surface area contributed by atoms with E-state index in [1.165, 1.54) is 0 Å². The number of hydrogen-bond donors (Lipinski definition) is 3. The summed E-state index contributed by atoms with van der Waals surface area (Å²) < 4.78 is 23.4. The van der Waals surface area contributed by atoms with Gasteiger partial charge in [-0.1, -0.05) is 0 Å². The van der Waals surface area contributed by atoms with E-state index in [4.69, 9.17) is 0 Å². The summed E-state index contributed by atoms with van der Waals surface area (Å²) in [5.74, 6) is -1.33. The van der Waals surface area contributed by atoms with Gasteiger partial charge in [0.05, 0.1) is 5.60 Å². The number of amides is 1. The minimum atomic E-state index is -3.02. The fourth-order valence-corrected chi connectivity index (χ4v) is 1.21. The van der Waals surface area contributed by atoms with Crippen molar-refractivity contribution in [3.8, 4) is 0 Å². The number of carbonyl (C=O) groups is 1. The summed E-state index contributed by atoms with van der Waals surface area (Å²) >= 11 is 0. The Morgan fingerprint density at radius 3 is 2.85 bits per heavy atom. The summed E-state index contributed by atoms with van der Waals surface area (Å²) in [6.07, 6.45) is -2.55. The molecule has 4 nitrogen and oxygen atoms in total. The van der Waals surface area contributed by atoms with E-state index in [0.29, 0.717) is 19.5 Å². The quantitative estimate of drug-likeness (QED) is 0.545. The summed E-state index contributed by atoms with van der Waals surface area (Å²) in [7, 11) is 0. The molecule has 0 aromatic rings. The Labute approximate surface area is 74.3 Å². The lowest BCUT2D eigenvalue weighted by atomic mass is 10.0. The van der Waals surface area contributed by atoms with Gasteiger partial charge in [0.15, 0.2) is 0 Å². The molecule has 13 heavy (non-hydrogen) atoms. The van der Waals surface area contributed by atoms with Gasteiger partial charge in [0.2, 0.25) is 0 Å². The summed E-state index contributed by atoms with van der Waals surface area (Å²) in [6, 6.07) is 0. The SMILES string of the molecule is O=C(NCC1(O)CCNC1)C(F)F. The lowest BCUT2D eigenvalue weighted by Crippen LogP contribution is -2.45. The zero-order valence-corrected chi connectivity index (χ0v) is 7.02. The van der Waals surface area contributed by atoms with Gasteiger partial charge >= 0.3 is 6.43 Å². The minimum absolute atomic E-state index is 0.122. The van der Waals surface area contributed by atoms with Gasteiger partial charge in [-0.15, -0.1) is 0 Å². The number of nitrogens with one attached hydrogen (secondary N) is 2. The van der Waals surface area contributed by atoms with Crippen molar-refractivity contribution in [2.24, 2.45) is 0 Å². The number of alkyl halides is 2. The van der Waals surface area contributed by atoms with Crippen LogP contribution in [0.2, 0.25) is 0 Å². The number of hydrogen-bond acceptors (Lipinski definition) is 3. The van der Waals surface area contributed by atoms with Crippen molar-refractivity contribution in [3.63, 3.8) is 0 Å². The Kier molecular flexibility index (Phi) is 3.16. The van der Waals surface area contributed by atoms with E-state index in [9.17, 15) is 18.7 Å². The maximum absolute atomic E-state index is 11.7. The molecule has 1 atom stereocenters. The molecule has 1 rings (SSSR count). The maximum Gasteiger partial charge on any atom is 0.315 e. The third kappa shape index (κ3) is 2.89. The van der Waals surface area contributed by atoms with Crippen LogP contribution in [0, 0.1) is 0 Å². The van der Waals surface area contributed by atoms with Gasteiger partial charge in [-0.2, -0.15) is 8.78 Å². The van der Waals surface area contributed by atoms with Crippen molar-refractivity contribution >= 4 is 5.91 Å². The van der Waals surface area contributed by atoms with E-state index in [1.807, 2.05) is 5.32 Å². The highest BCUT2D eigenvalue weighted by molar-refractivity contribution is 5.79. The Balaban J connectivity index is 2.29. The number of aliphatic hydroxyl groups is 1. The third-order valence-electron chi connectivity index (χ3n) is 2.01. The maximum atomic E-state index is 11.7. The van der Waals surface area contributed by atoms with Crippen LogP contribution in [0.1, 0.15) is 6.42 Å². The average molecular weight is 194 g/mol. The highest BCUT2D eigenvalue weighted by Gasteiger charge is 2.32. The van der Waals surface area contributed by atoms with Gasteiger partial charge in [0.1, 0.15) is 0 Å². The zero-order chi connectivity index (χ0) is 9.90. The highest BCUT2D eigenvalue weighted by Crippen LogP contribution is 2.12. The molecule has 1 fully saturated rings. The fourth-order valence-electron chi connectivity index (χ4n) is 1.21. The Hall–Kier alpha value is -0.750. The van der Waals surface area contributed by atoms with Crippen molar-refractivity contribution in [1.29, 1.82) is 0 Å². The van der Waals surface area contributed by atoms with E-state index in [-0.39, 0.29) is 6.54 Å². The molecule has 1 amide bonds. The lowest BCUT2D eigenvalue weighted by molar-refractivity contribution is -0.132. The van der Waals surface area contributed by atoms with Gasteiger partial charge in [-0.3, -0.25) is 4.79 Å². The summed E-state index contributed by atoms with van der Waals surface area (Å²) in [6.45, 7) is 0.848. The molecule has 0 aromatic heterocycles. The predicted octanol–water partition coefficient (Wildman–Crippen LogP) is -0.908. The fraction of sp³-hybridized carbons (Fsp3) is 0.857. The van der Waals surface area contributed by atoms with Gasteiger partial charge in [0, 0.05) is 13.1 Å². The molecule has 6 heteroatoms. The van der Waals surface area contributed by atoms with Crippen LogP contribution in [0.15, 0.2) is 0 Å². The van der Waals surface area contributed by atoms with Gasteiger partial charge < -0.3 is 15.7 Å². The molecule has 0 bridgehead atoms. The second-order valence-corrected chi connectivity index (χ2v) is 3.17. The van der Waals surface area contributed by atoms with Crippen LogP contribution in [0.4, 0.5) is 8.78 Å². The standard InChI is InChI=1S/C7H12F2N2O2/c8-5(9)6(12)11-4-7(13)1-2-10-3-7/h5,10,13H,1-4H2,(H,11,12).